The Morgan fingerprint density at radius 2 is 1.90 bits per heavy atom. The van der Waals surface area contributed by atoms with E-state index in [1.54, 1.807) is 6.20 Å². The summed E-state index contributed by atoms with van der Waals surface area (Å²) < 4.78 is 1.87. The summed E-state index contributed by atoms with van der Waals surface area (Å²) in [5.41, 5.74) is 6.35. The molecule has 0 bridgehead atoms. The van der Waals surface area contributed by atoms with E-state index in [4.69, 9.17) is 16.7 Å². The topological polar surface area (TPSA) is 63.3 Å². The van der Waals surface area contributed by atoms with Gasteiger partial charge in [-0.3, -0.25) is 4.98 Å². The molecule has 5 rings (SSSR count). The van der Waals surface area contributed by atoms with Crippen molar-refractivity contribution in [3.05, 3.63) is 94.9 Å². The monoisotopic (exact) mass is 400 g/mol. The van der Waals surface area contributed by atoms with Gasteiger partial charge in [-0.15, -0.1) is 0 Å². The van der Waals surface area contributed by atoms with Gasteiger partial charge in [-0.2, -0.15) is 5.10 Å². The molecule has 0 atom stereocenters. The Labute approximate surface area is 172 Å². The molecule has 0 spiro atoms. The number of benzene rings is 2. The van der Waals surface area contributed by atoms with Gasteiger partial charge < -0.3 is 5.11 Å². The zero-order chi connectivity index (χ0) is 19.8. The smallest absolute Gasteiger partial charge is 0.153 e. The lowest BCUT2D eigenvalue weighted by Gasteiger charge is -2.07. The van der Waals surface area contributed by atoms with Crippen LogP contribution in [0.25, 0.3) is 27.8 Å². The van der Waals surface area contributed by atoms with Crippen molar-refractivity contribution >= 4 is 28.2 Å². The number of fused-ring (bicyclic) bond motifs is 2. The first-order valence-corrected chi connectivity index (χ1v) is 9.66. The molecule has 0 aliphatic carbocycles. The van der Waals surface area contributed by atoms with Crippen LogP contribution in [0.5, 0.6) is 0 Å². The van der Waals surface area contributed by atoms with Crippen LogP contribution in [0.4, 0.5) is 0 Å². The zero-order valence-electron chi connectivity index (χ0n) is 15.5. The van der Waals surface area contributed by atoms with Crippen molar-refractivity contribution in [2.24, 2.45) is 0 Å². The van der Waals surface area contributed by atoms with Crippen molar-refractivity contribution in [1.29, 1.82) is 0 Å². The standard InChI is InChI=1S/C23H17ClN4O/c24-20-12-17(4-5-18(20)14-29)22-7-8-23-26-13-19(28(23)27-22)11-15-3-6-21-16(10-15)2-1-9-25-21/h1-10,12-13,29H,11,14H2. The highest BCUT2D eigenvalue weighted by molar-refractivity contribution is 6.31. The summed E-state index contributed by atoms with van der Waals surface area (Å²) in [7, 11) is 0. The molecule has 0 aliphatic heterocycles. The molecule has 0 saturated carbocycles. The number of hydrogen-bond donors (Lipinski definition) is 1. The van der Waals surface area contributed by atoms with E-state index < -0.39 is 0 Å². The van der Waals surface area contributed by atoms with Crippen LogP contribution in [0, 0.1) is 0 Å². The Balaban J connectivity index is 1.53. The molecule has 5 nitrogen and oxygen atoms in total. The van der Waals surface area contributed by atoms with Crippen molar-refractivity contribution in [2.75, 3.05) is 0 Å². The molecule has 0 fully saturated rings. The minimum absolute atomic E-state index is 0.0848. The number of aliphatic hydroxyl groups excluding tert-OH is 1. The van der Waals surface area contributed by atoms with Gasteiger partial charge in [-0.25, -0.2) is 9.50 Å². The van der Waals surface area contributed by atoms with Gasteiger partial charge in [0, 0.05) is 28.6 Å². The van der Waals surface area contributed by atoms with Crippen LogP contribution in [0.15, 0.2) is 73.1 Å². The molecule has 2 aromatic carbocycles. The minimum Gasteiger partial charge on any atom is -0.392 e. The maximum absolute atomic E-state index is 9.32. The Morgan fingerprint density at radius 1 is 0.966 bits per heavy atom. The molecule has 0 aliphatic rings. The number of rotatable bonds is 4. The van der Waals surface area contributed by atoms with Crippen LogP contribution in [-0.2, 0) is 13.0 Å². The molecular weight excluding hydrogens is 384 g/mol. The van der Waals surface area contributed by atoms with E-state index in [0.29, 0.717) is 17.0 Å². The molecule has 142 valence electrons. The summed E-state index contributed by atoms with van der Waals surface area (Å²) in [6, 6.07) is 19.7. The number of nitrogens with zero attached hydrogens (tertiary/aromatic N) is 4. The summed E-state index contributed by atoms with van der Waals surface area (Å²) >= 11 is 6.25. The molecule has 0 radical (unpaired) electrons. The highest BCUT2D eigenvalue weighted by Gasteiger charge is 2.10. The second kappa shape index (κ2) is 7.28. The van der Waals surface area contributed by atoms with Gasteiger partial charge in [-0.05, 0) is 47.5 Å². The lowest BCUT2D eigenvalue weighted by molar-refractivity contribution is 0.282. The average molecular weight is 401 g/mol. The second-order valence-corrected chi connectivity index (χ2v) is 7.32. The molecule has 0 unspecified atom stereocenters. The Hall–Kier alpha value is -3.28. The number of aliphatic hydroxyl groups is 1. The third-order valence-corrected chi connectivity index (χ3v) is 5.36. The highest BCUT2D eigenvalue weighted by atomic mass is 35.5. The Kier molecular flexibility index (Phi) is 4.46. The van der Waals surface area contributed by atoms with E-state index in [-0.39, 0.29) is 6.61 Å². The summed E-state index contributed by atoms with van der Waals surface area (Å²) in [5, 5.41) is 15.7. The van der Waals surface area contributed by atoms with Crippen molar-refractivity contribution in [3.63, 3.8) is 0 Å². The second-order valence-electron chi connectivity index (χ2n) is 6.91. The van der Waals surface area contributed by atoms with Crippen molar-refractivity contribution in [1.82, 2.24) is 19.6 Å². The van der Waals surface area contributed by atoms with Crippen molar-refractivity contribution < 1.29 is 5.11 Å². The van der Waals surface area contributed by atoms with Crippen molar-refractivity contribution in [3.8, 4) is 11.3 Å². The van der Waals surface area contributed by atoms with Gasteiger partial charge in [0.2, 0.25) is 0 Å². The van der Waals surface area contributed by atoms with E-state index in [1.165, 1.54) is 5.56 Å². The maximum Gasteiger partial charge on any atom is 0.153 e. The van der Waals surface area contributed by atoms with Crippen LogP contribution in [-0.4, -0.2) is 24.7 Å². The first-order chi connectivity index (χ1) is 14.2. The zero-order valence-corrected chi connectivity index (χ0v) is 16.2. The SMILES string of the molecule is OCc1ccc(-c2ccc3ncc(Cc4ccc5ncccc5c4)n3n2)cc1Cl. The molecule has 29 heavy (non-hydrogen) atoms. The van der Waals surface area contributed by atoms with Gasteiger partial charge in [0.15, 0.2) is 5.65 Å². The molecule has 5 aromatic rings. The van der Waals surface area contributed by atoms with Crippen LogP contribution in [0.3, 0.4) is 0 Å². The van der Waals surface area contributed by atoms with E-state index in [9.17, 15) is 5.11 Å². The first-order valence-electron chi connectivity index (χ1n) is 9.28. The molecule has 6 heteroatoms. The fraction of sp³-hybridized carbons (Fsp3) is 0.0870. The molecule has 1 N–H and O–H groups in total. The predicted octanol–water partition coefficient (Wildman–Crippen LogP) is 4.68. The molecule has 0 amide bonds. The normalized spacial score (nSPS) is 11.4. The van der Waals surface area contributed by atoms with Gasteiger partial charge in [0.05, 0.1) is 29.7 Å². The van der Waals surface area contributed by atoms with Crippen LogP contribution >= 0.6 is 11.6 Å². The van der Waals surface area contributed by atoms with E-state index >= 15 is 0 Å². The van der Waals surface area contributed by atoms with Crippen LogP contribution in [0.1, 0.15) is 16.8 Å². The van der Waals surface area contributed by atoms with Crippen LogP contribution in [0.2, 0.25) is 5.02 Å². The minimum atomic E-state index is -0.0848. The highest BCUT2D eigenvalue weighted by Crippen LogP contribution is 2.25. The maximum atomic E-state index is 9.32. The molecule has 0 saturated heterocycles. The predicted molar refractivity (Wildman–Crippen MR) is 114 cm³/mol. The average Bonchev–Trinajstić information content (AvgIpc) is 3.15. The number of aromatic nitrogens is 4. The lowest BCUT2D eigenvalue weighted by atomic mass is 10.1. The first kappa shape index (κ1) is 17.8. The largest absolute Gasteiger partial charge is 0.392 e. The third-order valence-electron chi connectivity index (χ3n) is 5.00. The van der Waals surface area contributed by atoms with E-state index in [2.05, 4.69) is 28.2 Å². The van der Waals surface area contributed by atoms with E-state index in [0.717, 1.165) is 33.5 Å². The number of halogens is 1. The summed E-state index contributed by atoms with van der Waals surface area (Å²) in [6.45, 7) is -0.0848. The van der Waals surface area contributed by atoms with Gasteiger partial charge in [0.1, 0.15) is 0 Å². The molecule has 3 heterocycles. The van der Waals surface area contributed by atoms with Crippen LogP contribution < -0.4 is 0 Å². The van der Waals surface area contributed by atoms with Gasteiger partial charge in [0.25, 0.3) is 0 Å². The summed E-state index contributed by atoms with van der Waals surface area (Å²) in [5.74, 6) is 0. The fourth-order valence-electron chi connectivity index (χ4n) is 3.47. The van der Waals surface area contributed by atoms with Crippen molar-refractivity contribution in [2.45, 2.75) is 13.0 Å². The van der Waals surface area contributed by atoms with Gasteiger partial charge >= 0.3 is 0 Å². The number of hydrogen-bond acceptors (Lipinski definition) is 4. The Morgan fingerprint density at radius 3 is 2.76 bits per heavy atom. The lowest BCUT2D eigenvalue weighted by Crippen LogP contribution is -2.00. The molecular formula is C23H17ClN4O. The Bertz CT molecular complexity index is 1350. The quantitative estimate of drug-likeness (QED) is 0.475. The van der Waals surface area contributed by atoms with Gasteiger partial charge in [-0.1, -0.05) is 35.9 Å². The third kappa shape index (κ3) is 3.35. The fourth-order valence-corrected chi connectivity index (χ4v) is 3.71. The summed E-state index contributed by atoms with van der Waals surface area (Å²) in [6.07, 6.45) is 4.38. The summed E-state index contributed by atoms with van der Waals surface area (Å²) in [4.78, 5) is 8.86. The number of imidazole rings is 1. The van der Waals surface area contributed by atoms with E-state index in [1.807, 2.05) is 53.2 Å². The molecule has 3 aromatic heterocycles. The number of pyridine rings is 1.